The molecule has 2 N–H and O–H groups in total. The van der Waals surface area contributed by atoms with E-state index in [1.165, 1.54) is 0 Å². The van der Waals surface area contributed by atoms with E-state index in [0.717, 1.165) is 18.4 Å². The van der Waals surface area contributed by atoms with Crippen LogP contribution in [-0.4, -0.2) is 0 Å². The lowest BCUT2D eigenvalue weighted by molar-refractivity contribution is 0.105. The van der Waals surface area contributed by atoms with Gasteiger partial charge in [0, 0.05) is 21.1 Å². The van der Waals surface area contributed by atoms with Crippen molar-refractivity contribution in [3.8, 4) is 0 Å². The van der Waals surface area contributed by atoms with Crippen molar-refractivity contribution in [3.63, 3.8) is 0 Å². The Kier molecular flexibility index (Phi) is 3.22. The van der Waals surface area contributed by atoms with Gasteiger partial charge in [0.15, 0.2) is 0 Å². The van der Waals surface area contributed by atoms with Crippen molar-refractivity contribution in [2.45, 2.75) is 32.2 Å². The summed E-state index contributed by atoms with van der Waals surface area (Å²) in [6.45, 7) is 4.47. The Morgan fingerprint density at radius 2 is 1.75 bits per heavy atom. The van der Waals surface area contributed by atoms with E-state index in [1.54, 1.807) is 0 Å². The van der Waals surface area contributed by atoms with Gasteiger partial charge in [0.1, 0.15) is 0 Å². The van der Waals surface area contributed by atoms with Crippen LogP contribution in [0.5, 0.6) is 0 Å². The van der Waals surface area contributed by atoms with Gasteiger partial charge in [-0.1, -0.05) is 43.1 Å². The van der Waals surface area contributed by atoms with Crippen molar-refractivity contribution in [3.05, 3.63) is 33.8 Å². The molecule has 1 aromatic rings. The number of hydrogen-bond acceptors (Lipinski definition) is 1. The van der Waals surface area contributed by atoms with Crippen LogP contribution in [0.25, 0.3) is 0 Å². The molecule has 0 spiro atoms. The zero-order valence-corrected chi connectivity index (χ0v) is 11.1. The highest BCUT2D eigenvalue weighted by atomic mass is 35.5. The third kappa shape index (κ3) is 1.97. The predicted octanol–water partition coefficient (Wildman–Crippen LogP) is 4.21. The van der Waals surface area contributed by atoms with Crippen LogP contribution in [0.3, 0.4) is 0 Å². The van der Waals surface area contributed by atoms with Gasteiger partial charge < -0.3 is 5.73 Å². The highest BCUT2D eigenvalue weighted by Gasteiger charge is 2.45. The fourth-order valence-electron chi connectivity index (χ4n) is 2.52. The Labute approximate surface area is 107 Å². The Morgan fingerprint density at radius 1 is 1.25 bits per heavy atom. The van der Waals surface area contributed by atoms with Crippen LogP contribution in [0, 0.1) is 11.8 Å². The Balaban J connectivity index is 2.26. The van der Waals surface area contributed by atoms with Gasteiger partial charge in [-0.15, -0.1) is 0 Å². The minimum absolute atomic E-state index is 0.315. The summed E-state index contributed by atoms with van der Waals surface area (Å²) in [6, 6.07) is 5.58. The molecule has 0 bridgehead atoms. The average molecular weight is 258 g/mol. The highest BCUT2D eigenvalue weighted by molar-refractivity contribution is 6.36. The third-order valence-electron chi connectivity index (χ3n) is 3.66. The number of nitrogens with two attached hydrogens (primary N) is 1. The van der Waals surface area contributed by atoms with E-state index >= 15 is 0 Å². The van der Waals surface area contributed by atoms with Crippen LogP contribution in [-0.2, 0) is 5.54 Å². The molecule has 0 radical (unpaired) electrons. The molecule has 1 aromatic carbocycles. The molecule has 1 aliphatic rings. The first-order chi connectivity index (χ1) is 7.44. The van der Waals surface area contributed by atoms with Gasteiger partial charge >= 0.3 is 0 Å². The van der Waals surface area contributed by atoms with Gasteiger partial charge in [0.2, 0.25) is 0 Å². The molecule has 1 aliphatic carbocycles. The highest BCUT2D eigenvalue weighted by Crippen LogP contribution is 2.50. The fraction of sp³-hybridized carbons (Fsp3) is 0.538. The van der Waals surface area contributed by atoms with Crippen LogP contribution in [0.1, 0.15) is 32.3 Å². The summed E-state index contributed by atoms with van der Waals surface area (Å²) >= 11 is 12.4. The maximum absolute atomic E-state index is 6.39. The molecule has 0 amide bonds. The van der Waals surface area contributed by atoms with Crippen LogP contribution in [0.2, 0.25) is 10.0 Å². The largest absolute Gasteiger partial charge is 0.321 e. The molecule has 1 nitrogen and oxygen atoms in total. The smallest absolute Gasteiger partial charge is 0.0471 e. The number of hydrogen-bond donors (Lipinski definition) is 1. The molecule has 0 heterocycles. The van der Waals surface area contributed by atoms with Crippen molar-refractivity contribution in [1.29, 1.82) is 0 Å². The molecule has 88 valence electrons. The maximum Gasteiger partial charge on any atom is 0.0471 e. The number of benzene rings is 1. The van der Waals surface area contributed by atoms with Gasteiger partial charge in [-0.25, -0.2) is 0 Å². The Bertz CT molecular complexity index is 375. The van der Waals surface area contributed by atoms with Crippen LogP contribution >= 0.6 is 23.2 Å². The summed E-state index contributed by atoms with van der Waals surface area (Å²) in [6.07, 6.45) is 1.96. The third-order valence-corrected chi connectivity index (χ3v) is 4.29. The number of rotatable bonds is 2. The standard InChI is InChI=1S/C13H17Cl2N/c1-8(2)9-6-13(16,7-9)12-10(14)4-3-5-11(12)15/h3-5,8-9H,6-7,16H2,1-2H3. The van der Waals surface area contributed by atoms with Gasteiger partial charge in [0.05, 0.1) is 0 Å². The average Bonchev–Trinajstić information content (AvgIpc) is 2.13. The topological polar surface area (TPSA) is 26.0 Å². The summed E-state index contributed by atoms with van der Waals surface area (Å²) in [4.78, 5) is 0. The molecule has 0 aliphatic heterocycles. The Hall–Kier alpha value is -0.240. The zero-order valence-electron chi connectivity index (χ0n) is 9.63. The first kappa shape index (κ1) is 12.2. The fourth-order valence-corrected chi connectivity index (χ4v) is 3.30. The molecule has 3 heteroatoms. The summed E-state index contributed by atoms with van der Waals surface area (Å²) in [5, 5.41) is 1.38. The predicted molar refractivity (Wildman–Crippen MR) is 69.9 cm³/mol. The monoisotopic (exact) mass is 257 g/mol. The van der Waals surface area contributed by atoms with E-state index in [9.17, 15) is 0 Å². The van der Waals surface area contributed by atoms with Crippen molar-refractivity contribution >= 4 is 23.2 Å². The van der Waals surface area contributed by atoms with E-state index < -0.39 is 0 Å². The molecule has 0 aromatic heterocycles. The van der Waals surface area contributed by atoms with Crippen LogP contribution in [0.4, 0.5) is 0 Å². The first-order valence-corrected chi connectivity index (χ1v) is 6.43. The SMILES string of the molecule is CC(C)C1CC(N)(c2c(Cl)cccc2Cl)C1. The van der Waals surface area contributed by atoms with E-state index in [2.05, 4.69) is 13.8 Å². The summed E-state index contributed by atoms with van der Waals surface area (Å²) in [5.74, 6) is 1.37. The van der Waals surface area contributed by atoms with Crippen molar-refractivity contribution in [2.24, 2.45) is 17.6 Å². The molecule has 2 rings (SSSR count). The molecule has 0 unspecified atom stereocenters. The lowest BCUT2D eigenvalue weighted by atomic mass is 9.62. The van der Waals surface area contributed by atoms with Gasteiger partial charge in [-0.3, -0.25) is 0 Å². The minimum Gasteiger partial charge on any atom is -0.321 e. The molecule has 1 saturated carbocycles. The first-order valence-electron chi connectivity index (χ1n) is 5.67. The summed E-state index contributed by atoms with van der Waals surface area (Å²) in [7, 11) is 0. The lowest BCUT2D eigenvalue weighted by Crippen LogP contribution is -2.50. The van der Waals surface area contributed by atoms with E-state index in [-0.39, 0.29) is 5.54 Å². The molecule has 0 saturated heterocycles. The van der Waals surface area contributed by atoms with Gasteiger partial charge in [0.25, 0.3) is 0 Å². The maximum atomic E-state index is 6.39. The normalized spacial score (nSPS) is 29.2. The lowest BCUT2D eigenvalue weighted by Gasteiger charge is -2.48. The number of halogens is 2. The molecular weight excluding hydrogens is 241 g/mol. The van der Waals surface area contributed by atoms with E-state index in [4.69, 9.17) is 28.9 Å². The van der Waals surface area contributed by atoms with Gasteiger partial charge in [-0.2, -0.15) is 0 Å². The van der Waals surface area contributed by atoms with Crippen molar-refractivity contribution < 1.29 is 0 Å². The van der Waals surface area contributed by atoms with Crippen LogP contribution in [0.15, 0.2) is 18.2 Å². The van der Waals surface area contributed by atoms with E-state index in [1.807, 2.05) is 18.2 Å². The van der Waals surface area contributed by atoms with E-state index in [0.29, 0.717) is 21.9 Å². The minimum atomic E-state index is -0.315. The molecular formula is C13H17Cl2N. The van der Waals surface area contributed by atoms with Crippen molar-refractivity contribution in [1.82, 2.24) is 0 Å². The van der Waals surface area contributed by atoms with Crippen molar-refractivity contribution in [2.75, 3.05) is 0 Å². The summed E-state index contributed by atoms with van der Waals surface area (Å²) < 4.78 is 0. The van der Waals surface area contributed by atoms with Gasteiger partial charge in [-0.05, 0) is 36.8 Å². The Morgan fingerprint density at radius 3 is 2.19 bits per heavy atom. The van der Waals surface area contributed by atoms with Crippen LogP contribution < -0.4 is 5.73 Å². The molecule has 0 atom stereocenters. The molecule has 16 heavy (non-hydrogen) atoms. The second kappa shape index (κ2) is 4.21. The molecule has 1 fully saturated rings. The summed E-state index contributed by atoms with van der Waals surface area (Å²) in [5.41, 5.74) is 7.00. The second-order valence-corrected chi connectivity index (χ2v) is 5.98. The zero-order chi connectivity index (χ0) is 11.9. The quantitative estimate of drug-likeness (QED) is 0.844. The second-order valence-electron chi connectivity index (χ2n) is 5.17.